The van der Waals surface area contributed by atoms with Crippen molar-refractivity contribution in [2.75, 3.05) is 39.9 Å². The summed E-state index contributed by atoms with van der Waals surface area (Å²) in [7, 11) is 2.03. The van der Waals surface area contributed by atoms with Crippen molar-refractivity contribution < 1.29 is 9.53 Å². The van der Waals surface area contributed by atoms with Gasteiger partial charge in [-0.15, -0.1) is 0 Å². The van der Waals surface area contributed by atoms with E-state index in [2.05, 4.69) is 20.5 Å². The molecule has 23 heavy (non-hydrogen) atoms. The van der Waals surface area contributed by atoms with Crippen molar-refractivity contribution in [2.24, 2.45) is 10.9 Å². The van der Waals surface area contributed by atoms with Crippen LogP contribution in [0.15, 0.2) is 4.99 Å². The van der Waals surface area contributed by atoms with Crippen molar-refractivity contribution in [3.8, 4) is 0 Å². The Morgan fingerprint density at radius 3 is 2.70 bits per heavy atom. The first-order chi connectivity index (χ1) is 11.2. The molecule has 0 bridgehead atoms. The van der Waals surface area contributed by atoms with E-state index in [0.717, 1.165) is 51.5 Å². The second-order valence-corrected chi connectivity index (χ2v) is 6.68. The molecule has 1 aliphatic carbocycles. The lowest BCUT2D eigenvalue weighted by Crippen LogP contribution is -2.43. The van der Waals surface area contributed by atoms with Gasteiger partial charge in [-0.2, -0.15) is 0 Å². The highest BCUT2D eigenvalue weighted by molar-refractivity contribution is 5.85. The third-order valence-corrected chi connectivity index (χ3v) is 4.60. The van der Waals surface area contributed by atoms with E-state index in [1.54, 1.807) is 0 Å². The van der Waals surface area contributed by atoms with Crippen LogP contribution in [-0.4, -0.2) is 62.7 Å². The molecular formula is C17H32N4O2. The van der Waals surface area contributed by atoms with Gasteiger partial charge < -0.3 is 20.3 Å². The number of guanidine groups is 1. The second kappa shape index (κ2) is 9.75. The largest absolute Gasteiger partial charge is 0.381 e. The van der Waals surface area contributed by atoms with Crippen LogP contribution in [0, 0.1) is 5.92 Å². The van der Waals surface area contributed by atoms with Gasteiger partial charge in [0.15, 0.2) is 5.96 Å². The third kappa shape index (κ3) is 6.37. The summed E-state index contributed by atoms with van der Waals surface area (Å²) in [4.78, 5) is 18.7. The first kappa shape index (κ1) is 18.0. The fourth-order valence-corrected chi connectivity index (χ4v) is 3.34. The molecule has 1 saturated carbocycles. The van der Waals surface area contributed by atoms with Crippen LogP contribution in [0.2, 0.25) is 0 Å². The summed E-state index contributed by atoms with van der Waals surface area (Å²) < 4.78 is 5.43. The Hall–Kier alpha value is -1.30. The van der Waals surface area contributed by atoms with Crippen molar-refractivity contribution in [1.29, 1.82) is 0 Å². The lowest BCUT2D eigenvalue weighted by atomic mass is 9.95. The highest BCUT2D eigenvalue weighted by atomic mass is 16.5. The average Bonchev–Trinajstić information content (AvgIpc) is 3.05. The summed E-state index contributed by atoms with van der Waals surface area (Å²) in [5, 5.41) is 6.39. The zero-order chi connectivity index (χ0) is 16.5. The lowest BCUT2D eigenvalue weighted by molar-refractivity contribution is -0.120. The molecule has 6 nitrogen and oxygen atoms in total. The Labute approximate surface area is 140 Å². The number of nitrogens with zero attached hydrogens (tertiary/aromatic N) is 2. The third-order valence-electron chi connectivity index (χ3n) is 4.60. The van der Waals surface area contributed by atoms with Crippen molar-refractivity contribution in [3.05, 3.63) is 0 Å². The minimum absolute atomic E-state index is 0.0323. The van der Waals surface area contributed by atoms with Gasteiger partial charge in [0.05, 0.1) is 6.61 Å². The fraction of sp³-hybridized carbons (Fsp3) is 0.882. The number of hydrogen-bond acceptors (Lipinski definition) is 3. The van der Waals surface area contributed by atoms with E-state index in [0.29, 0.717) is 12.0 Å². The minimum atomic E-state index is 0.0323. The molecule has 2 rings (SSSR count). The molecule has 0 aromatic heterocycles. The fourth-order valence-electron chi connectivity index (χ4n) is 3.34. The highest BCUT2D eigenvalue weighted by Crippen LogP contribution is 2.17. The van der Waals surface area contributed by atoms with Gasteiger partial charge in [0.25, 0.3) is 0 Å². The van der Waals surface area contributed by atoms with E-state index in [-0.39, 0.29) is 12.5 Å². The van der Waals surface area contributed by atoms with E-state index in [4.69, 9.17) is 4.74 Å². The summed E-state index contributed by atoms with van der Waals surface area (Å²) in [5.41, 5.74) is 0. The van der Waals surface area contributed by atoms with E-state index in [9.17, 15) is 4.79 Å². The lowest BCUT2D eigenvalue weighted by Gasteiger charge is -2.25. The molecule has 0 aromatic carbocycles. The summed E-state index contributed by atoms with van der Waals surface area (Å²) in [6.07, 6.45) is 7.07. The van der Waals surface area contributed by atoms with Gasteiger partial charge in [-0.1, -0.05) is 19.3 Å². The van der Waals surface area contributed by atoms with Gasteiger partial charge >= 0.3 is 0 Å². The highest BCUT2D eigenvalue weighted by Gasteiger charge is 2.19. The van der Waals surface area contributed by atoms with Gasteiger partial charge in [0, 0.05) is 38.7 Å². The van der Waals surface area contributed by atoms with Crippen LogP contribution >= 0.6 is 0 Å². The molecule has 1 heterocycles. The van der Waals surface area contributed by atoms with Crippen LogP contribution in [0.3, 0.4) is 0 Å². The maximum atomic E-state index is 12.1. The Bertz CT molecular complexity index is 388. The minimum Gasteiger partial charge on any atom is -0.381 e. The standard InChI is InChI=1S/C17H32N4O2/c1-3-18-17(21(2)12-14-9-10-23-13-14)19-11-16(22)20-15-7-5-4-6-8-15/h14-15H,3-13H2,1-2H3,(H,18,19)(H,20,22). The Morgan fingerprint density at radius 1 is 1.26 bits per heavy atom. The van der Waals surface area contributed by atoms with E-state index >= 15 is 0 Å². The number of ether oxygens (including phenoxy) is 1. The van der Waals surface area contributed by atoms with Gasteiger partial charge in [0.2, 0.25) is 5.91 Å². The Morgan fingerprint density at radius 2 is 2.04 bits per heavy atom. The topological polar surface area (TPSA) is 66.0 Å². The average molecular weight is 324 g/mol. The molecule has 1 aliphatic heterocycles. The van der Waals surface area contributed by atoms with Gasteiger partial charge in [0.1, 0.15) is 6.54 Å². The van der Waals surface area contributed by atoms with Crippen molar-refractivity contribution >= 4 is 11.9 Å². The summed E-state index contributed by atoms with van der Waals surface area (Å²) in [5.74, 6) is 1.39. The number of carbonyl (C=O) groups excluding carboxylic acids is 1. The molecule has 2 aliphatic rings. The van der Waals surface area contributed by atoms with Gasteiger partial charge in [-0.3, -0.25) is 4.79 Å². The maximum Gasteiger partial charge on any atom is 0.242 e. The quantitative estimate of drug-likeness (QED) is 0.572. The molecule has 1 atom stereocenters. The van der Waals surface area contributed by atoms with Crippen molar-refractivity contribution in [3.63, 3.8) is 0 Å². The number of carbonyl (C=O) groups is 1. The Kier molecular flexibility index (Phi) is 7.65. The zero-order valence-electron chi connectivity index (χ0n) is 14.6. The molecule has 0 aromatic rings. The number of aliphatic imine (C=N–C) groups is 1. The smallest absolute Gasteiger partial charge is 0.242 e. The van der Waals surface area contributed by atoms with Crippen LogP contribution in [-0.2, 0) is 9.53 Å². The molecule has 1 unspecified atom stereocenters. The number of nitrogens with one attached hydrogen (secondary N) is 2. The monoisotopic (exact) mass is 324 g/mol. The van der Waals surface area contributed by atoms with Gasteiger partial charge in [-0.05, 0) is 26.2 Å². The molecule has 2 fully saturated rings. The molecule has 1 amide bonds. The molecule has 1 saturated heterocycles. The van der Waals surface area contributed by atoms with Crippen LogP contribution < -0.4 is 10.6 Å². The van der Waals surface area contributed by atoms with Crippen LogP contribution in [0.25, 0.3) is 0 Å². The van der Waals surface area contributed by atoms with Crippen LogP contribution in [0.5, 0.6) is 0 Å². The molecule has 2 N–H and O–H groups in total. The SMILES string of the molecule is CCNC(=NCC(=O)NC1CCCCC1)N(C)CC1CCOC1. The Balaban J connectivity index is 1.80. The molecule has 0 spiro atoms. The number of amides is 1. The van der Waals surface area contributed by atoms with Gasteiger partial charge in [-0.25, -0.2) is 4.99 Å². The van der Waals surface area contributed by atoms with Crippen LogP contribution in [0.4, 0.5) is 0 Å². The predicted molar refractivity (Wildman–Crippen MR) is 92.6 cm³/mol. The zero-order valence-corrected chi connectivity index (χ0v) is 14.6. The maximum absolute atomic E-state index is 12.1. The molecular weight excluding hydrogens is 292 g/mol. The molecule has 6 heteroatoms. The van der Waals surface area contributed by atoms with Crippen LogP contribution in [0.1, 0.15) is 45.4 Å². The first-order valence-corrected chi connectivity index (χ1v) is 9.05. The number of hydrogen-bond donors (Lipinski definition) is 2. The molecule has 0 radical (unpaired) electrons. The summed E-state index contributed by atoms with van der Waals surface area (Å²) in [6.45, 7) is 5.64. The number of rotatable bonds is 6. The van der Waals surface area contributed by atoms with E-state index in [1.165, 1.54) is 19.3 Å². The van der Waals surface area contributed by atoms with Crippen molar-refractivity contribution in [1.82, 2.24) is 15.5 Å². The van der Waals surface area contributed by atoms with Crippen molar-refractivity contribution in [2.45, 2.75) is 51.5 Å². The van der Waals surface area contributed by atoms with E-state index in [1.807, 2.05) is 14.0 Å². The van der Waals surface area contributed by atoms with E-state index < -0.39 is 0 Å². The first-order valence-electron chi connectivity index (χ1n) is 9.05. The normalized spacial score (nSPS) is 22.9. The predicted octanol–water partition coefficient (Wildman–Crippen LogP) is 1.37. The second-order valence-electron chi connectivity index (χ2n) is 6.68. The molecule has 132 valence electrons. The summed E-state index contributed by atoms with van der Waals surface area (Å²) in [6, 6.07) is 0.349. The summed E-state index contributed by atoms with van der Waals surface area (Å²) >= 11 is 0.